The van der Waals surface area contributed by atoms with Crippen LogP contribution < -0.4 is 11.1 Å². The van der Waals surface area contributed by atoms with Crippen molar-refractivity contribution in [3.63, 3.8) is 0 Å². The average Bonchev–Trinajstić information content (AvgIpc) is 3.06. The van der Waals surface area contributed by atoms with Crippen LogP contribution in [-0.4, -0.2) is 40.1 Å². The number of nitrogens with two attached hydrogens (primary N) is 1. The standard InChI is InChI=1S/C23H24N4O3/c24-18-6-2-3-14-9-10-26(13-17(14)18)11-15-4-1-5-16-12-27(23(30)21(15)16)19-7-8-20(28)25-22(19)29/h1-6,19H,7-13,24H2,(H,25,28,29). The van der Waals surface area contributed by atoms with E-state index in [1.54, 1.807) is 4.90 Å². The molecule has 1 fully saturated rings. The number of carbonyl (C=O) groups excluding carboxylic acids is 3. The fraction of sp³-hybridized carbons (Fsp3) is 0.348. The van der Waals surface area contributed by atoms with Gasteiger partial charge in [-0.25, -0.2) is 0 Å². The topological polar surface area (TPSA) is 95.7 Å². The summed E-state index contributed by atoms with van der Waals surface area (Å²) in [4.78, 5) is 41.0. The molecule has 3 N–H and O–H groups in total. The van der Waals surface area contributed by atoms with E-state index in [9.17, 15) is 14.4 Å². The zero-order valence-corrected chi connectivity index (χ0v) is 16.7. The molecule has 3 aliphatic rings. The molecule has 7 nitrogen and oxygen atoms in total. The lowest BCUT2D eigenvalue weighted by Gasteiger charge is -2.30. The minimum atomic E-state index is -0.586. The van der Waals surface area contributed by atoms with Crippen LogP contribution in [-0.2, 0) is 35.6 Å². The second-order valence-electron chi connectivity index (χ2n) is 8.30. The summed E-state index contributed by atoms with van der Waals surface area (Å²) in [6, 6.07) is 11.4. The van der Waals surface area contributed by atoms with E-state index in [-0.39, 0.29) is 24.1 Å². The molecule has 1 saturated heterocycles. The van der Waals surface area contributed by atoms with Crippen molar-refractivity contribution < 1.29 is 14.4 Å². The molecule has 1 atom stereocenters. The number of nitrogen functional groups attached to an aromatic ring is 1. The maximum atomic E-state index is 13.3. The van der Waals surface area contributed by atoms with Gasteiger partial charge in [0.2, 0.25) is 11.8 Å². The number of benzene rings is 2. The molecule has 0 spiro atoms. The van der Waals surface area contributed by atoms with Gasteiger partial charge in [-0.1, -0.05) is 30.3 Å². The molecule has 154 valence electrons. The molecule has 7 heteroatoms. The van der Waals surface area contributed by atoms with E-state index < -0.39 is 6.04 Å². The van der Waals surface area contributed by atoms with Gasteiger partial charge in [-0.05, 0) is 41.2 Å². The molecule has 3 aliphatic heterocycles. The van der Waals surface area contributed by atoms with E-state index in [0.29, 0.717) is 25.1 Å². The number of hydrogen-bond acceptors (Lipinski definition) is 5. The predicted molar refractivity (Wildman–Crippen MR) is 111 cm³/mol. The lowest BCUT2D eigenvalue weighted by atomic mass is 9.96. The highest BCUT2D eigenvalue weighted by Crippen LogP contribution is 2.32. The second-order valence-corrected chi connectivity index (χ2v) is 8.30. The molecule has 2 aromatic carbocycles. The Morgan fingerprint density at radius 2 is 1.80 bits per heavy atom. The summed E-state index contributed by atoms with van der Waals surface area (Å²) in [5.74, 6) is -0.769. The van der Waals surface area contributed by atoms with Gasteiger partial charge in [0, 0.05) is 43.9 Å². The SMILES string of the molecule is Nc1cccc2c1CN(Cc1cccc3c1C(=O)N(C1CCC(=O)NC1=O)C3)CC2. The van der Waals surface area contributed by atoms with Crippen LogP contribution in [0.15, 0.2) is 36.4 Å². The van der Waals surface area contributed by atoms with Crippen molar-refractivity contribution >= 4 is 23.4 Å². The van der Waals surface area contributed by atoms with Crippen LogP contribution >= 0.6 is 0 Å². The smallest absolute Gasteiger partial charge is 0.255 e. The van der Waals surface area contributed by atoms with Crippen LogP contribution in [0.2, 0.25) is 0 Å². The van der Waals surface area contributed by atoms with Crippen LogP contribution in [0.4, 0.5) is 5.69 Å². The Bertz CT molecular complexity index is 1060. The van der Waals surface area contributed by atoms with Crippen LogP contribution in [0.5, 0.6) is 0 Å². The van der Waals surface area contributed by atoms with Gasteiger partial charge < -0.3 is 10.6 Å². The Labute approximate surface area is 174 Å². The number of amides is 3. The van der Waals surface area contributed by atoms with Gasteiger partial charge in [-0.3, -0.25) is 24.6 Å². The highest BCUT2D eigenvalue weighted by Gasteiger charge is 2.40. The molecule has 0 bridgehead atoms. The van der Waals surface area contributed by atoms with E-state index in [4.69, 9.17) is 5.73 Å². The normalized spacial score (nSPS) is 21.4. The van der Waals surface area contributed by atoms with Crippen LogP contribution in [0.1, 0.15) is 45.5 Å². The number of carbonyl (C=O) groups is 3. The Hall–Kier alpha value is -3.19. The first-order chi connectivity index (χ1) is 14.5. The quantitative estimate of drug-likeness (QED) is 0.598. The average molecular weight is 404 g/mol. The van der Waals surface area contributed by atoms with E-state index >= 15 is 0 Å². The second kappa shape index (κ2) is 7.25. The highest BCUT2D eigenvalue weighted by atomic mass is 16.2. The third-order valence-corrected chi connectivity index (χ3v) is 6.42. The van der Waals surface area contributed by atoms with Crippen LogP contribution in [0, 0.1) is 0 Å². The first kappa shape index (κ1) is 18.8. The summed E-state index contributed by atoms with van der Waals surface area (Å²) >= 11 is 0. The summed E-state index contributed by atoms with van der Waals surface area (Å²) in [6.07, 6.45) is 1.58. The van der Waals surface area contributed by atoms with Crippen molar-refractivity contribution in [1.82, 2.24) is 15.1 Å². The fourth-order valence-electron chi connectivity index (χ4n) is 4.86. The minimum absolute atomic E-state index is 0.118. The molecule has 3 heterocycles. The zero-order valence-electron chi connectivity index (χ0n) is 16.7. The van der Waals surface area contributed by atoms with Gasteiger partial charge in [-0.2, -0.15) is 0 Å². The number of rotatable bonds is 3. The maximum absolute atomic E-state index is 13.3. The molecule has 1 unspecified atom stereocenters. The molecule has 5 rings (SSSR count). The van der Waals surface area contributed by atoms with Crippen molar-refractivity contribution in [2.24, 2.45) is 0 Å². The molecule has 3 amide bonds. The van der Waals surface area contributed by atoms with E-state index in [2.05, 4.69) is 16.3 Å². The van der Waals surface area contributed by atoms with Gasteiger partial charge in [0.15, 0.2) is 0 Å². The molecular formula is C23H24N4O3. The predicted octanol–water partition coefficient (Wildman–Crippen LogP) is 1.59. The minimum Gasteiger partial charge on any atom is -0.398 e. The van der Waals surface area contributed by atoms with Crippen molar-refractivity contribution in [3.8, 4) is 0 Å². The molecule has 0 saturated carbocycles. The third-order valence-electron chi connectivity index (χ3n) is 6.42. The number of piperidine rings is 1. The van der Waals surface area contributed by atoms with Gasteiger partial charge in [0.05, 0.1) is 0 Å². The first-order valence-corrected chi connectivity index (χ1v) is 10.4. The van der Waals surface area contributed by atoms with Crippen LogP contribution in [0.25, 0.3) is 0 Å². The number of nitrogens with zero attached hydrogens (tertiary/aromatic N) is 2. The summed E-state index contributed by atoms with van der Waals surface area (Å²) < 4.78 is 0. The van der Waals surface area contributed by atoms with Crippen molar-refractivity contribution in [3.05, 3.63) is 64.2 Å². The Morgan fingerprint density at radius 3 is 2.63 bits per heavy atom. The fourth-order valence-corrected chi connectivity index (χ4v) is 4.86. The van der Waals surface area contributed by atoms with Gasteiger partial charge in [0.1, 0.15) is 6.04 Å². The molecule has 0 aliphatic carbocycles. The summed E-state index contributed by atoms with van der Waals surface area (Å²) in [7, 11) is 0. The summed E-state index contributed by atoms with van der Waals surface area (Å²) in [6.45, 7) is 2.73. The monoisotopic (exact) mass is 404 g/mol. The molecule has 30 heavy (non-hydrogen) atoms. The lowest BCUT2D eigenvalue weighted by Crippen LogP contribution is -2.52. The van der Waals surface area contributed by atoms with Crippen molar-refractivity contribution in [2.45, 2.75) is 44.9 Å². The van der Waals surface area contributed by atoms with E-state index in [1.807, 2.05) is 30.3 Å². The van der Waals surface area contributed by atoms with E-state index in [1.165, 1.54) is 11.1 Å². The Morgan fingerprint density at radius 1 is 1.00 bits per heavy atom. The molecule has 0 aromatic heterocycles. The highest BCUT2D eigenvalue weighted by molar-refractivity contribution is 6.06. The lowest BCUT2D eigenvalue weighted by molar-refractivity contribution is -0.136. The number of anilines is 1. The number of hydrogen-bond donors (Lipinski definition) is 2. The van der Waals surface area contributed by atoms with Gasteiger partial charge in [0.25, 0.3) is 5.91 Å². The first-order valence-electron chi connectivity index (χ1n) is 10.4. The molecule has 2 aromatic rings. The molecule has 0 radical (unpaired) electrons. The molecular weight excluding hydrogens is 380 g/mol. The maximum Gasteiger partial charge on any atom is 0.255 e. The van der Waals surface area contributed by atoms with Crippen LogP contribution in [0.3, 0.4) is 0 Å². The number of imide groups is 1. The third kappa shape index (κ3) is 3.15. The summed E-state index contributed by atoms with van der Waals surface area (Å²) in [5, 5.41) is 2.36. The summed E-state index contributed by atoms with van der Waals surface area (Å²) in [5.41, 5.74) is 12.1. The van der Waals surface area contributed by atoms with Crippen molar-refractivity contribution in [2.75, 3.05) is 12.3 Å². The number of nitrogens with one attached hydrogen (secondary N) is 1. The largest absolute Gasteiger partial charge is 0.398 e. The van der Waals surface area contributed by atoms with Gasteiger partial charge >= 0.3 is 0 Å². The zero-order chi connectivity index (χ0) is 20.8. The Kier molecular flexibility index (Phi) is 4.55. The number of fused-ring (bicyclic) bond motifs is 2. The van der Waals surface area contributed by atoms with Gasteiger partial charge in [-0.15, -0.1) is 0 Å². The van der Waals surface area contributed by atoms with E-state index in [0.717, 1.165) is 36.3 Å². The Balaban J connectivity index is 1.37. The van der Waals surface area contributed by atoms with Crippen molar-refractivity contribution in [1.29, 1.82) is 0 Å².